The number of nitrogens with zero attached hydrogens (tertiary/aromatic N) is 1. The van der Waals surface area contributed by atoms with Gasteiger partial charge in [0.1, 0.15) is 0 Å². The molecular formula is C16H14N2. The normalized spacial score (nSPS) is 13.6. The summed E-state index contributed by atoms with van der Waals surface area (Å²) in [5.41, 5.74) is 5.19. The lowest BCUT2D eigenvalue weighted by Gasteiger charge is -2.08. The number of hydrogen-bond donors (Lipinski definition) is 1. The molecule has 2 heterocycles. The molecule has 0 atom stereocenters. The highest BCUT2D eigenvalue weighted by atomic mass is 15.0. The van der Waals surface area contributed by atoms with E-state index >= 15 is 0 Å². The highest BCUT2D eigenvalue weighted by Crippen LogP contribution is 2.27. The van der Waals surface area contributed by atoms with E-state index in [0.29, 0.717) is 0 Å². The average molecular weight is 234 g/mol. The first-order valence-corrected chi connectivity index (χ1v) is 6.35. The average Bonchev–Trinajstić information content (AvgIpc) is 3.04. The summed E-state index contributed by atoms with van der Waals surface area (Å²) in [4.78, 5) is 0. The van der Waals surface area contributed by atoms with Gasteiger partial charge in [0.25, 0.3) is 0 Å². The Kier molecular flexibility index (Phi) is 1.97. The lowest BCUT2D eigenvalue weighted by Crippen LogP contribution is -1.94. The van der Waals surface area contributed by atoms with Gasteiger partial charge >= 0.3 is 0 Å². The second kappa shape index (κ2) is 3.64. The molecule has 0 fully saturated rings. The summed E-state index contributed by atoms with van der Waals surface area (Å²) >= 11 is 0. The Morgan fingerprint density at radius 2 is 1.94 bits per heavy atom. The summed E-state index contributed by atoms with van der Waals surface area (Å²) in [5.74, 6) is 0. The zero-order chi connectivity index (χ0) is 11.9. The molecule has 0 aliphatic carbocycles. The summed E-state index contributed by atoms with van der Waals surface area (Å²) in [6.07, 6.45) is 3.28. The van der Waals surface area contributed by atoms with Crippen molar-refractivity contribution in [3.8, 4) is 5.69 Å². The van der Waals surface area contributed by atoms with Crippen LogP contribution in [0.3, 0.4) is 0 Å². The molecule has 88 valence electrons. The largest absolute Gasteiger partial charge is 0.384 e. The van der Waals surface area contributed by atoms with Crippen LogP contribution in [-0.4, -0.2) is 11.1 Å². The minimum absolute atomic E-state index is 1.06. The van der Waals surface area contributed by atoms with Crippen LogP contribution in [-0.2, 0) is 6.42 Å². The molecule has 0 saturated carbocycles. The number of benzene rings is 2. The Morgan fingerprint density at radius 1 is 1.00 bits per heavy atom. The number of aromatic nitrogens is 1. The van der Waals surface area contributed by atoms with E-state index in [1.165, 1.54) is 27.8 Å². The molecule has 2 aromatic carbocycles. The predicted molar refractivity (Wildman–Crippen MR) is 75.5 cm³/mol. The van der Waals surface area contributed by atoms with Gasteiger partial charge in [0.2, 0.25) is 0 Å². The standard InChI is InChI=1S/C16H14N2/c1-2-4-16-13(3-1)8-10-18(16)14-6-5-12-7-9-17-15(12)11-14/h1-6,8,10-11,17H,7,9H2. The van der Waals surface area contributed by atoms with E-state index in [2.05, 4.69) is 64.6 Å². The van der Waals surface area contributed by atoms with Gasteiger partial charge in [-0.15, -0.1) is 0 Å². The van der Waals surface area contributed by atoms with Crippen LogP contribution in [0.4, 0.5) is 5.69 Å². The van der Waals surface area contributed by atoms with Gasteiger partial charge in [0, 0.05) is 24.1 Å². The fourth-order valence-electron chi connectivity index (χ4n) is 2.74. The Balaban J connectivity index is 1.92. The molecule has 0 unspecified atom stereocenters. The van der Waals surface area contributed by atoms with Gasteiger partial charge in [0.05, 0.1) is 5.52 Å². The Hall–Kier alpha value is -2.22. The van der Waals surface area contributed by atoms with Crippen molar-refractivity contribution >= 4 is 16.6 Å². The zero-order valence-electron chi connectivity index (χ0n) is 10.1. The maximum Gasteiger partial charge on any atom is 0.0528 e. The van der Waals surface area contributed by atoms with Crippen molar-refractivity contribution in [3.05, 3.63) is 60.3 Å². The van der Waals surface area contributed by atoms with Crippen molar-refractivity contribution in [3.63, 3.8) is 0 Å². The fraction of sp³-hybridized carbons (Fsp3) is 0.125. The highest BCUT2D eigenvalue weighted by Gasteiger charge is 2.11. The van der Waals surface area contributed by atoms with Crippen molar-refractivity contribution in [2.75, 3.05) is 11.9 Å². The third-order valence-electron chi connectivity index (χ3n) is 3.68. The topological polar surface area (TPSA) is 17.0 Å². The lowest BCUT2D eigenvalue weighted by molar-refractivity contribution is 1.10. The summed E-state index contributed by atoms with van der Waals surface area (Å²) in [5, 5.41) is 4.72. The van der Waals surface area contributed by atoms with Crippen LogP contribution in [0.2, 0.25) is 0 Å². The number of para-hydroxylation sites is 1. The van der Waals surface area contributed by atoms with E-state index in [1.807, 2.05) is 0 Å². The molecule has 1 aliphatic heterocycles. The number of nitrogens with one attached hydrogen (secondary N) is 1. The van der Waals surface area contributed by atoms with Crippen LogP contribution in [0.15, 0.2) is 54.7 Å². The Labute approximate surface area is 106 Å². The molecule has 0 amide bonds. The van der Waals surface area contributed by atoms with E-state index in [1.54, 1.807) is 0 Å². The van der Waals surface area contributed by atoms with E-state index < -0.39 is 0 Å². The van der Waals surface area contributed by atoms with E-state index in [9.17, 15) is 0 Å². The predicted octanol–water partition coefficient (Wildman–Crippen LogP) is 3.60. The molecule has 1 aromatic heterocycles. The van der Waals surface area contributed by atoms with Crippen LogP contribution in [0.1, 0.15) is 5.56 Å². The van der Waals surface area contributed by atoms with Crippen LogP contribution >= 0.6 is 0 Å². The molecule has 4 rings (SSSR count). The molecular weight excluding hydrogens is 220 g/mol. The smallest absolute Gasteiger partial charge is 0.0528 e. The Bertz CT molecular complexity index is 725. The molecule has 18 heavy (non-hydrogen) atoms. The van der Waals surface area contributed by atoms with Gasteiger partial charge in [-0.25, -0.2) is 0 Å². The number of fused-ring (bicyclic) bond motifs is 2. The summed E-state index contributed by atoms with van der Waals surface area (Å²) in [7, 11) is 0. The first-order chi connectivity index (χ1) is 8.92. The van der Waals surface area contributed by atoms with Crippen LogP contribution < -0.4 is 5.32 Å². The number of anilines is 1. The number of rotatable bonds is 1. The zero-order valence-corrected chi connectivity index (χ0v) is 10.1. The molecule has 2 nitrogen and oxygen atoms in total. The Morgan fingerprint density at radius 3 is 2.94 bits per heavy atom. The quantitative estimate of drug-likeness (QED) is 0.680. The fourth-order valence-corrected chi connectivity index (χ4v) is 2.74. The van der Waals surface area contributed by atoms with Crippen LogP contribution in [0, 0.1) is 0 Å². The van der Waals surface area contributed by atoms with Gasteiger partial charge in [-0.2, -0.15) is 0 Å². The SMILES string of the molecule is c1ccc2c(c1)ccn2-c1ccc2c(c1)NCC2. The lowest BCUT2D eigenvalue weighted by atomic mass is 10.1. The minimum atomic E-state index is 1.06. The van der Waals surface area contributed by atoms with Crippen molar-refractivity contribution in [1.29, 1.82) is 0 Å². The summed E-state index contributed by atoms with van der Waals surface area (Å²) < 4.78 is 2.25. The molecule has 1 aliphatic rings. The molecule has 2 heteroatoms. The first-order valence-electron chi connectivity index (χ1n) is 6.35. The van der Waals surface area contributed by atoms with E-state index in [4.69, 9.17) is 0 Å². The molecule has 0 radical (unpaired) electrons. The van der Waals surface area contributed by atoms with E-state index in [-0.39, 0.29) is 0 Å². The second-order valence-corrected chi connectivity index (χ2v) is 4.76. The van der Waals surface area contributed by atoms with Gasteiger partial charge in [-0.1, -0.05) is 24.3 Å². The van der Waals surface area contributed by atoms with Crippen LogP contribution in [0.5, 0.6) is 0 Å². The molecule has 1 N–H and O–H groups in total. The minimum Gasteiger partial charge on any atom is -0.384 e. The highest BCUT2D eigenvalue weighted by molar-refractivity contribution is 5.82. The van der Waals surface area contributed by atoms with Crippen molar-refractivity contribution in [2.24, 2.45) is 0 Å². The van der Waals surface area contributed by atoms with Crippen molar-refractivity contribution in [2.45, 2.75) is 6.42 Å². The monoisotopic (exact) mass is 234 g/mol. The molecule has 0 bridgehead atoms. The van der Waals surface area contributed by atoms with Crippen molar-refractivity contribution in [1.82, 2.24) is 4.57 Å². The summed E-state index contributed by atoms with van der Waals surface area (Å²) in [6.45, 7) is 1.06. The van der Waals surface area contributed by atoms with Gasteiger partial charge in [-0.3, -0.25) is 0 Å². The van der Waals surface area contributed by atoms with Gasteiger partial charge in [0.15, 0.2) is 0 Å². The molecule has 0 saturated heterocycles. The summed E-state index contributed by atoms with van der Waals surface area (Å²) in [6, 6.07) is 17.3. The maximum atomic E-state index is 3.44. The number of hydrogen-bond acceptors (Lipinski definition) is 1. The first kappa shape index (κ1) is 9.77. The van der Waals surface area contributed by atoms with E-state index in [0.717, 1.165) is 13.0 Å². The van der Waals surface area contributed by atoms with Gasteiger partial charge < -0.3 is 9.88 Å². The third-order valence-corrected chi connectivity index (χ3v) is 3.68. The molecule has 3 aromatic rings. The second-order valence-electron chi connectivity index (χ2n) is 4.76. The van der Waals surface area contributed by atoms with Crippen molar-refractivity contribution < 1.29 is 0 Å². The van der Waals surface area contributed by atoms with Gasteiger partial charge in [-0.05, 0) is 41.6 Å². The molecule has 0 spiro atoms. The van der Waals surface area contributed by atoms with Crippen LogP contribution in [0.25, 0.3) is 16.6 Å². The maximum absolute atomic E-state index is 3.44. The third kappa shape index (κ3) is 1.35.